The number of rotatable bonds is 6. The lowest BCUT2D eigenvalue weighted by Crippen LogP contribution is -2.33. The third-order valence-electron chi connectivity index (χ3n) is 3.52. The monoisotopic (exact) mass is 360 g/mol. The van der Waals surface area contributed by atoms with Crippen LogP contribution in [0.5, 0.6) is 0 Å². The number of hydrogen-bond acceptors (Lipinski definition) is 6. The van der Waals surface area contributed by atoms with E-state index in [-0.39, 0.29) is 24.2 Å². The van der Waals surface area contributed by atoms with E-state index >= 15 is 0 Å². The molecule has 2 atom stereocenters. The number of ether oxygens (including phenoxy) is 3. The van der Waals surface area contributed by atoms with Gasteiger partial charge in [0.15, 0.2) is 0 Å². The first kappa shape index (κ1) is 18.5. The van der Waals surface area contributed by atoms with Crippen molar-refractivity contribution in [3.05, 3.63) is 11.8 Å². The largest absolute Gasteiger partial charge is 0.534 e. The Hall–Kier alpha value is -0.840. The van der Waals surface area contributed by atoms with Crippen LogP contribution in [0, 0.1) is 5.92 Å². The third kappa shape index (κ3) is 5.63. The van der Waals surface area contributed by atoms with Crippen LogP contribution in [-0.2, 0) is 28.5 Å². The second kappa shape index (κ2) is 7.82. The Labute approximate surface area is 132 Å². The molecule has 2 rings (SSSR count). The smallest absolute Gasteiger partial charge is 0.381 e. The Balaban J connectivity index is 1.71. The summed E-state index contributed by atoms with van der Waals surface area (Å²) >= 11 is 0. The first-order valence-corrected chi connectivity index (χ1v) is 8.65. The van der Waals surface area contributed by atoms with Crippen LogP contribution in [-0.4, -0.2) is 53.1 Å². The van der Waals surface area contributed by atoms with Gasteiger partial charge in [0.1, 0.15) is 11.9 Å². The Bertz CT molecular complexity index is 510. The number of allylic oxidation sites excluding steroid dienone is 2. The zero-order valence-electron chi connectivity index (χ0n) is 12.4. The molecule has 0 saturated carbocycles. The summed E-state index contributed by atoms with van der Waals surface area (Å²) < 4.78 is 78.8. The second-order valence-electron chi connectivity index (χ2n) is 5.40. The lowest BCUT2D eigenvalue weighted by molar-refractivity contribution is -0.117. The third-order valence-corrected chi connectivity index (χ3v) is 4.52. The standard InChI is InChI=1S/C13H19F3O6S/c14-13(15,16)23(17,18)22-11-3-1-10(2-4-11)7-20-9-12-8-19-5-6-21-12/h3,10,12H,1-2,4-9H2. The van der Waals surface area contributed by atoms with Crippen molar-refractivity contribution in [2.75, 3.05) is 33.0 Å². The van der Waals surface area contributed by atoms with E-state index in [0.29, 0.717) is 45.9 Å². The molecule has 134 valence electrons. The molecular formula is C13H19F3O6S. The fraction of sp³-hybridized carbons (Fsp3) is 0.846. The van der Waals surface area contributed by atoms with E-state index in [1.165, 1.54) is 6.08 Å². The van der Waals surface area contributed by atoms with Crippen LogP contribution in [0.25, 0.3) is 0 Å². The van der Waals surface area contributed by atoms with Crippen molar-refractivity contribution in [3.63, 3.8) is 0 Å². The zero-order valence-corrected chi connectivity index (χ0v) is 13.2. The van der Waals surface area contributed by atoms with Gasteiger partial charge in [-0.15, -0.1) is 0 Å². The van der Waals surface area contributed by atoms with Gasteiger partial charge in [0, 0.05) is 13.0 Å². The fourth-order valence-corrected chi connectivity index (χ4v) is 2.81. The van der Waals surface area contributed by atoms with Crippen LogP contribution in [0.3, 0.4) is 0 Å². The first-order valence-electron chi connectivity index (χ1n) is 7.25. The maximum Gasteiger partial charge on any atom is 0.534 e. The summed E-state index contributed by atoms with van der Waals surface area (Å²) in [6.07, 6.45) is 2.32. The minimum Gasteiger partial charge on any atom is -0.381 e. The molecule has 0 bridgehead atoms. The van der Waals surface area contributed by atoms with E-state index in [1.54, 1.807) is 0 Å². The predicted octanol–water partition coefficient (Wildman–Crippen LogP) is 1.97. The van der Waals surface area contributed by atoms with E-state index in [4.69, 9.17) is 14.2 Å². The molecule has 0 aromatic rings. The van der Waals surface area contributed by atoms with Crippen LogP contribution in [0.2, 0.25) is 0 Å². The van der Waals surface area contributed by atoms with Crippen LogP contribution in [0.4, 0.5) is 13.2 Å². The fourth-order valence-electron chi connectivity index (χ4n) is 2.28. The molecule has 1 saturated heterocycles. The van der Waals surface area contributed by atoms with Crippen LogP contribution in [0.1, 0.15) is 19.3 Å². The van der Waals surface area contributed by atoms with Crippen molar-refractivity contribution in [2.24, 2.45) is 5.92 Å². The number of alkyl halides is 3. The molecule has 2 unspecified atom stereocenters. The lowest BCUT2D eigenvalue weighted by Gasteiger charge is -2.25. The van der Waals surface area contributed by atoms with Gasteiger partial charge < -0.3 is 18.4 Å². The molecule has 1 aliphatic carbocycles. The molecule has 1 aliphatic heterocycles. The Morgan fingerprint density at radius 1 is 1.26 bits per heavy atom. The SMILES string of the molecule is O=S(=O)(OC1=CCC(COCC2COCCO2)CC1)C(F)(F)F. The van der Waals surface area contributed by atoms with E-state index in [9.17, 15) is 21.6 Å². The first-order chi connectivity index (χ1) is 10.8. The van der Waals surface area contributed by atoms with Crippen LogP contribution in [0.15, 0.2) is 11.8 Å². The maximum atomic E-state index is 12.2. The number of halogens is 3. The van der Waals surface area contributed by atoms with Crippen molar-refractivity contribution in [1.82, 2.24) is 0 Å². The Morgan fingerprint density at radius 3 is 2.61 bits per heavy atom. The molecular weight excluding hydrogens is 341 g/mol. The van der Waals surface area contributed by atoms with Crippen molar-refractivity contribution in [2.45, 2.75) is 30.9 Å². The summed E-state index contributed by atoms with van der Waals surface area (Å²) in [5.41, 5.74) is -5.41. The molecule has 0 aromatic carbocycles. The normalized spacial score (nSPS) is 26.7. The summed E-state index contributed by atoms with van der Waals surface area (Å²) in [5.74, 6) is -0.0527. The zero-order chi connectivity index (χ0) is 16.9. The summed E-state index contributed by atoms with van der Waals surface area (Å²) in [5, 5.41) is 0. The van der Waals surface area contributed by atoms with Crippen molar-refractivity contribution in [3.8, 4) is 0 Å². The van der Waals surface area contributed by atoms with Gasteiger partial charge in [-0.3, -0.25) is 0 Å². The second-order valence-corrected chi connectivity index (χ2v) is 6.94. The van der Waals surface area contributed by atoms with Gasteiger partial charge in [0.2, 0.25) is 0 Å². The van der Waals surface area contributed by atoms with Gasteiger partial charge in [0.25, 0.3) is 0 Å². The summed E-state index contributed by atoms with van der Waals surface area (Å²) in [6.45, 7) is 2.42. The molecule has 0 amide bonds. The van der Waals surface area contributed by atoms with Gasteiger partial charge >= 0.3 is 15.6 Å². The van der Waals surface area contributed by atoms with Crippen LogP contribution >= 0.6 is 0 Å². The highest BCUT2D eigenvalue weighted by Gasteiger charge is 2.48. The molecule has 0 spiro atoms. The molecule has 23 heavy (non-hydrogen) atoms. The van der Waals surface area contributed by atoms with Crippen molar-refractivity contribution < 1.29 is 40.0 Å². The van der Waals surface area contributed by atoms with E-state index in [1.807, 2.05) is 0 Å². The number of hydrogen-bond donors (Lipinski definition) is 0. The molecule has 1 fully saturated rings. The summed E-state index contributed by atoms with van der Waals surface area (Å²) in [4.78, 5) is 0. The topological polar surface area (TPSA) is 71.1 Å². The molecule has 10 heteroatoms. The Morgan fingerprint density at radius 2 is 2.04 bits per heavy atom. The van der Waals surface area contributed by atoms with Gasteiger partial charge in [-0.05, 0) is 24.8 Å². The maximum absolute atomic E-state index is 12.2. The molecule has 2 aliphatic rings. The van der Waals surface area contributed by atoms with Gasteiger partial charge in [-0.1, -0.05) is 0 Å². The lowest BCUT2D eigenvalue weighted by atomic mass is 9.94. The quantitative estimate of drug-likeness (QED) is 0.533. The summed E-state index contributed by atoms with van der Waals surface area (Å²) in [7, 11) is -5.58. The highest BCUT2D eigenvalue weighted by molar-refractivity contribution is 7.87. The van der Waals surface area contributed by atoms with Crippen molar-refractivity contribution in [1.29, 1.82) is 0 Å². The van der Waals surface area contributed by atoms with E-state index < -0.39 is 15.6 Å². The van der Waals surface area contributed by atoms with E-state index in [2.05, 4.69) is 4.18 Å². The predicted molar refractivity (Wildman–Crippen MR) is 72.9 cm³/mol. The Kier molecular flexibility index (Phi) is 6.29. The van der Waals surface area contributed by atoms with Crippen LogP contribution < -0.4 is 0 Å². The highest BCUT2D eigenvalue weighted by Crippen LogP contribution is 2.31. The molecule has 6 nitrogen and oxygen atoms in total. The minimum atomic E-state index is -5.58. The molecule has 0 aromatic heterocycles. The molecule has 0 radical (unpaired) electrons. The minimum absolute atomic E-state index is 0.0984. The molecule has 1 heterocycles. The van der Waals surface area contributed by atoms with Gasteiger partial charge in [-0.25, -0.2) is 0 Å². The van der Waals surface area contributed by atoms with Crippen molar-refractivity contribution >= 4 is 10.1 Å². The summed E-state index contributed by atoms with van der Waals surface area (Å²) in [6, 6.07) is 0. The average molecular weight is 360 g/mol. The van der Waals surface area contributed by atoms with E-state index in [0.717, 1.165) is 0 Å². The highest BCUT2D eigenvalue weighted by atomic mass is 32.2. The van der Waals surface area contributed by atoms with Gasteiger partial charge in [-0.2, -0.15) is 21.6 Å². The van der Waals surface area contributed by atoms with Gasteiger partial charge in [0.05, 0.1) is 26.4 Å². The molecule has 0 N–H and O–H groups in total. The average Bonchev–Trinajstić information content (AvgIpc) is 2.49.